The van der Waals surface area contributed by atoms with Crippen molar-refractivity contribution in [3.05, 3.63) is 74.8 Å². The molecule has 1 fully saturated rings. The number of amides is 1. The average molecular weight is 513 g/mol. The van der Waals surface area contributed by atoms with Gasteiger partial charge in [-0.25, -0.2) is 9.97 Å². The number of hydrogen-bond donors (Lipinski definition) is 1. The molecule has 0 bridgehead atoms. The van der Waals surface area contributed by atoms with Gasteiger partial charge in [0.25, 0.3) is 5.91 Å². The summed E-state index contributed by atoms with van der Waals surface area (Å²) in [5.74, 6) is 1.12. The lowest BCUT2D eigenvalue weighted by molar-refractivity contribution is -0.126. The Labute approximate surface area is 209 Å². The Bertz CT molecular complexity index is 1430. The van der Waals surface area contributed by atoms with E-state index in [0.717, 1.165) is 21.1 Å². The van der Waals surface area contributed by atoms with Crippen LogP contribution in [0.15, 0.2) is 48.8 Å². The number of fused-ring (bicyclic) bond motifs is 2. The van der Waals surface area contributed by atoms with Crippen molar-refractivity contribution >= 4 is 52.2 Å². The number of thiophene rings is 1. The standard InChI is InChI=1S/C23H18Cl2N6O2S/c1-30-18(5-6-27-30)28-22-26-9-16(25)19(29-22)17-8-15-20(34-17)23(11-33-12-23)31(21(15)32)10-13-3-2-4-14(24)7-13/h2-9H,10-12H2,1H3,(H,26,28,29). The van der Waals surface area contributed by atoms with Gasteiger partial charge in [-0.05, 0) is 23.8 Å². The first-order valence-corrected chi connectivity index (χ1v) is 12.1. The van der Waals surface area contributed by atoms with E-state index >= 15 is 0 Å². The van der Waals surface area contributed by atoms with Gasteiger partial charge in [0.15, 0.2) is 0 Å². The number of carbonyl (C=O) groups excluding carboxylic acids is 1. The Morgan fingerprint density at radius 2 is 2.09 bits per heavy atom. The quantitative estimate of drug-likeness (QED) is 0.410. The summed E-state index contributed by atoms with van der Waals surface area (Å²) in [5, 5.41) is 8.34. The van der Waals surface area contributed by atoms with Crippen molar-refractivity contribution in [2.45, 2.75) is 12.1 Å². The molecule has 34 heavy (non-hydrogen) atoms. The number of rotatable bonds is 5. The highest BCUT2D eigenvalue weighted by Crippen LogP contribution is 2.51. The molecule has 0 unspecified atom stereocenters. The fraction of sp³-hybridized carbons (Fsp3) is 0.217. The number of carbonyl (C=O) groups is 1. The maximum atomic E-state index is 13.5. The lowest BCUT2D eigenvalue weighted by Crippen LogP contribution is -2.56. The smallest absolute Gasteiger partial charge is 0.256 e. The minimum atomic E-state index is -0.479. The van der Waals surface area contributed by atoms with Gasteiger partial charge in [0.05, 0.1) is 41.1 Å². The number of aryl methyl sites for hydroxylation is 1. The fourth-order valence-corrected chi connectivity index (χ4v) is 6.09. The molecule has 3 aromatic heterocycles. The van der Waals surface area contributed by atoms with Gasteiger partial charge in [-0.2, -0.15) is 5.10 Å². The Morgan fingerprint density at radius 3 is 2.79 bits per heavy atom. The van der Waals surface area contributed by atoms with Crippen molar-refractivity contribution in [1.29, 1.82) is 0 Å². The Balaban J connectivity index is 1.34. The number of aromatic nitrogens is 4. The second-order valence-electron chi connectivity index (χ2n) is 8.25. The fourth-order valence-electron chi connectivity index (χ4n) is 4.31. The van der Waals surface area contributed by atoms with Crippen LogP contribution >= 0.6 is 34.5 Å². The monoisotopic (exact) mass is 512 g/mol. The third-order valence-electron chi connectivity index (χ3n) is 6.10. The molecule has 1 amide bonds. The van der Waals surface area contributed by atoms with Crippen LogP contribution in [-0.4, -0.2) is 43.8 Å². The molecular formula is C23H18Cl2N6O2S. The Hall–Kier alpha value is -2.98. The lowest BCUT2D eigenvalue weighted by Gasteiger charge is -2.45. The molecule has 1 spiro atoms. The van der Waals surface area contributed by atoms with E-state index in [4.69, 9.17) is 27.9 Å². The van der Waals surface area contributed by atoms with E-state index in [1.807, 2.05) is 48.3 Å². The third-order valence-corrected chi connectivity index (χ3v) is 7.94. The van der Waals surface area contributed by atoms with Crippen molar-refractivity contribution in [3.63, 3.8) is 0 Å². The van der Waals surface area contributed by atoms with E-state index in [0.29, 0.717) is 47.0 Å². The van der Waals surface area contributed by atoms with Crippen molar-refractivity contribution in [3.8, 4) is 10.6 Å². The number of nitrogens with zero attached hydrogens (tertiary/aromatic N) is 5. The molecule has 0 radical (unpaired) electrons. The molecular weight excluding hydrogens is 495 g/mol. The summed E-state index contributed by atoms with van der Waals surface area (Å²) < 4.78 is 7.29. The van der Waals surface area contributed by atoms with E-state index < -0.39 is 5.54 Å². The minimum Gasteiger partial charge on any atom is -0.376 e. The van der Waals surface area contributed by atoms with Crippen molar-refractivity contribution < 1.29 is 9.53 Å². The number of ether oxygens (including phenoxy) is 1. The third kappa shape index (κ3) is 3.39. The van der Waals surface area contributed by atoms with Crippen LogP contribution in [0.2, 0.25) is 10.0 Å². The minimum absolute atomic E-state index is 0.0285. The topological polar surface area (TPSA) is 85.2 Å². The van der Waals surface area contributed by atoms with E-state index in [1.165, 1.54) is 11.3 Å². The predicted molar refractivity (Wildman–Crippen MR) is 131 cm³/mol. The van der Waals surface area contributed by atoms with E-state index in [9.17, 15) is 4.79 Å². The second kappa shape index (κ2) is 8.06. The number of halogens is 2. The SMILES string of the molecule is Cn1nccc1Nc1ncc(Cl)c(-c2cc3c(s2)C2(COC2)N(Cc2cccc(Cl)c2)C3=O)n1. The first-order chi connectivity index (χ1) is 16.4. The summed E-state index contributed by atoms with van der Waals surface area (Å²) in [6.45, 7) is 1.38. The molecule has 0 saturated carbocycles. The summed E-state index contributed by atoms with van der Waals surface area (Å²) in [6.07, 6.45) is 3.24. The summed E-state index contributed by atoms with van der Waals surface area (Å²) in [7, 11) is 1.82. The Kier molecular flexibility index (Phi) is 5.11. The summed E-state index contributed by atoms with van der Waals surface area (Å²) in [4.78, 5) is 26.1. The lowest BCUT2D eigenvalue weighted by atomic mass is 9.95. The molecule has 5 heterocycles. The van der Waals surface area contributed by atoms with Crippen LogP contribution in [-0.2, 0) is 23.9 Å². The Morgan fingerprint density at radius 1 is 1.24 bits per heavy atom. The van der Waals surface area contributed by atoms with Crippen LogP contribution in [0.4, 0.5) is 11.8 Å². The van der Waals surface area contributed by atoms with Gasteiger partial charge in [0, 0.05) is 29.6 Å². The molecule has 4 aromatic rings. The predicted octanol–water partition coefficient (Wildman–Crippen LogP) is 4.87. The first kappa shape index (κ1) is 21.5. The van der Waals surface area contributed by atoms with Crippen LogP contribution in [0.1, 0.15) is 20.8 Å². The molecule has 1 aromatic carbocycles. The zero-order chi connectivity index (χ0) is 23.4. The molecule has 6 rings (SSSR count). The van der Waals surface area contributed by atoms with E-state index in [2.05, 4.69) is 20.4 Å². The van der Waals surface area contributed by atoms with Gasteiger partial charge in [-0.15, -0.1) is 11.3 Å². The van der Waals surface area contributed by atoms with Crippen LogP contribution in [0, 0.1) is 0 Å². The van der Waals surface area contributed by atoms with Gasteiger partial charge in [-0.1, -0.05) is 35.3 Å². The van der Waals surface area contributed by atoms with Crippen molar-refractivity contribution in [1.82, 2.24) is 24.6 Å². The zero-order valence-corrected chi connectivity index (χ0v) is 20.3. The maximum absolute atomic E-state index is 13.5. The number of anilines is 2. The molecule has 8 nitrogen and oxygen atoms in total. The van der Waals surface area contributed by atoms with Gasteiger partial charge >= 0.3 is 0 Å². The first-order valence-electron chi connectivity index (χ1n) is 10.5. The van der Waals surface area contributed by atoms with E-state index in [1.54, 1.807) is 17.1 Å². The molecule has 172 valence electrons. The van der Waals surface area contributed by atoms with Crippen LogP contribution in [0.3, 0.4) is 0 Å². The molecule has 11 heteroatoms. The molecule has 1 N–H and O–H groups in total. The molecule has 2 aliphatic heterocycles. The second-order valence-corrected chi connectivity index (χ2v) is 10.2. The molecule has 2 aliphatic rings. The highest BCUT2D eigenvalue weighted by Gasteiger charge is 2.56. The van der Waals surface area contributed by atoms with Gasteiger partial charge in [0.1, 0.15) is 17.1 Å². The van der Waals surface area contributed by atoms with Crippen molar-refractivity contribution in [2.75, 3.05) is 18.5 Å². The normalized spacial score (nSPS) is 16.1. The zero-order valence-electron chi connectivity index (χ0n) is 18.0. The summed E-state index contributed by atoms with van der Waals surface area (Å²) in [6, 6.07) is 11.3. The highest BCUT2D eigenvalue weighted by molar-refractivity contribution is 7.16. The van der Waals surface area contributed by atoms with E-state index in [-0.39, 0.29) is 5.91 Å². The number of nitrogens with one attached hydrogen (secondary N) is 1. The molecule has 0 aliphatic carbocycles. The average Bonchev–Trinajstić information content (AvgIpc) is 3.45. The number of benzene rings is 1. The molecule has 1 saturated heterocycles. The van der Waals surface area contributed by atoms with Crippen LogP contribution in [0.25, 0.3) is 10.6 Å². The summed E-state index contributed by atoms with van der Waals surface area (Å²) >= 11 is 14.2. The van der Waals surface area contributed by atoms with Crippen molar-refractivity contribution in [2.24, 2.45) is 7.05 Å². The van der Waals surface area contributed by atoms with Crippen LogP contribution < -0.4 is 5.32 Å². The number of hydrogen-bond acceptors (Lipinski definition) is 7. The van der Waals surface area contributed by atoms with Crippen LogP contribution in [0.5, 0.6) is 0 Å². The maximum Gasteiger partial charge on any atom is 0.256 e. The van der Waals surface area contributed by atoms with Gasteiger partial charge in [-0.3, -0.25) is 9.48 Å². The van der Waals surface area contributed by atoms with Gasteiger partial charge < -0.3 is 15.0 Å². The van der Waals surface area contributed by atoms with Gasteiger partial charge in [0.2, 0.25) is 5.95 Å². The highest BCUT2D eigenvalue weighted by atomic mass is 35.5. The summed E-state index contributed by atoms with van der Waals surface area (Å²) in [5.41, 5.74) is 1.74. The molecule has 0 atom stereocenters. The largest absolute Gasteiger partial charge is 0.376 e.